The Balaban J connectivity index is 3.62. The van der Waals surface area contributed by atoms with E-state index in [9.17, 15) is 9.59 Å². The number of unbranched alkanes of at least 4 members (excludes halogenated alkanes) is 5. The zero-order valence-corrected chi connectivity index (χ0v) is 12.9. The Labute approximate surface area is 123 Å². The highest BCUT2D eigenvalue weighted by atomic mass is 16.5. The Hall–Kier alpha value is -1.38. The van der Waals surface area contributed by atoms with Gasteiger partial charge in [0.15, 0.2) is 0 Å². The van der Waals surface area contributed by atoms with Crippen LogP contribution in [0, 0.1) is 0 Å². The van der Waals surface area contributed by atoms with Crippen LogP contribution in [0.1, 0.15) is 65.2 Å². The number of carbonyl (C=O) groups excluding carboxylic acids is 2. The van der Waals surface area contributed by atoms with Crippen LogP contribution in [-0.4, -0.2) is 17.9 Å². The monoisotopic (exact) mass is 280 g/mol. The zero-order chi connectivity index (χ0) is 15.2. The second kappa shape index (κ2) is 12.6. The summed E-state index contributed by atoms with van der Waals surface area (Å²) in [4.78, 5) is 21.7. The van der Waals surface area contributed by atoms with Crippen LogP contribution in [0.25, 0.3) is 0 Å². The third kappa shape index (κ3) is 13.1. The fraction of sp³-hybridized carbons (Fsp3) is 0.647. The molecule has 0 amide bonds. The van der Waals surface area contributed by atoms with Gasteiger partial charge >= 0.3 is 5.97 Å². The van der Waals surface area contributed by atoms with E-state index in [2.05, 4.69) is 6.58 Å². The molecule has 0 aliphatic rings. The van der Waals surface area contributed by atoms with Crippen molar-refractivity contribution in [3.8, 4) is 0 Å². The van der Waals surface area contributed by atoms with Gasteiger partial charge in [-0.05, 0) is 32.3 Å². The molecule has 1 atom stereocenters. The topological polar surface area (TPSA) is 43.4 Å². The molecule has 0 bridgehead atoms. The van der Waals surface area contributed by atoms with E-state index in [0.29, 0.717) is 6.42 Å². The third-order valence-electron chi connectivity index (χ3n) is 3.05. The van der Waals surface area contributed by atoms with E-state index in [4.69, 9.17) is 4.74 Å². The molecular weight excluding hydrogens is 252 g/mol. The van der Waals surface area contributed by atoms with Crippen LogP contribution in [0.2, 0.25) is 0 Å². The maximum absolute atomic E-state index is 11.0. The third-order valence-corrected chi connectivity index (χ3v) is 3.05. The van der Waals surface area contributed by atoms with E-state index in [1.54, 1.807) is 13.0 Å². The molecule has 0 fully saturated rings. The molecule has 0 aliphatic carbocycles. The van der Waals surface area contributed by atoms with Gasteiger partial charge in [-0.2, -0.15) is 0 Å². The lowest BCUT2D eigenvalue weighted by Gasteiger charge is -2.12. The predicted octanol–water partition coefficient (Wildman–Crippen LogP) is 4.37. The Morgan fingerprint density at radius 3 is 2.20 bits per heavy atom. The number of hydrogen-bond acceptors (Lipinski definition) is 3. The Kier molecular flexibility index (Phi) is 11.8. The smallest absolute Gasteiger partial charge is 0.303 e. The van der Waals surface area contributed by atoms with Gasteiger partial charge in [0.05, 0.1) is 0 Å². The molecule has 0 aromatic carbocycles. The lowest BCUT2D eigenvalue weighted by atomic mass is 10.1. The first-order chi connectivity index (χ1) is 9.56. The van der Waals surface area contributed by atoms with Gasteiger partial charge in [0.25, 0.3) is 0 Å². The molecule has 3 heteroatoms. The minimum absolute atomic E-state index is 0.136. The van der Waals surface area contributed by atoms with Gasteiger partial charge in [-0.3, -0.25) is 4.79 Å². The highest BCUT2D eigenvalue weighted by Crippen LogP contribution is 2.12. The summed E-state index contributed by atoms with van der Waals surface area (Å²) in [6, 6.07) is 0. The Morgan fingerprint density at radius 2 is 1.65 bits per heavy atom. The van der Waals surface area contributed by atoms with Crippen molar-refractivity contribution >= 4 is 11.8 Å². The van der Waals surface area contributed by atoms with Crippen LogP contribution in [0.4, 0.5) is 0 Å². The molecule has 0 spiro atoms. The van der Waals surface area contributed by atoms with E-state index < -0.39 is 0 Å². The van der Waals surface area contributed by atoms with Crippen molar-refractivity contribution in [2.24, 2.45) is 0 Å². The fourth-order valence-corrected chi connectivity index (χ4v) is 2.04. The molecule has 0 radical (unpaired) electrons. The lowest BCUT2D eigenvalue weighted by Crippen LogP contribution is -2.13. The van der Waals surface area contributed by atoms with Crippen LogP contribution in [0.3, 0.4) is 0 Å². The van der Waals surface area contributed by atoms with Gasteiger partial charge in [-0.1, -0.05) is 44.4 Å². The standard InChI is InChI=1S/C17H28O3/c1-4-5-13-17(20-16(3)19)14-11-9-7-6-8-10-12-15(2)18/h4-5,13,17H,1,6-12,14H2,2-3H3/b13-5+. The molecule has 0 saturated heterocycles. The predicted molar refractivity (Wildman–Crippen MR) is 82.5 cm³/mol. The summed E-state index contributed by atoms with van der Waals surface area (Å²) in [5.74, 6) is 0.0381. The number of carbonyl (C=O) groups is 2. The molecule has 0 aromatic heterocycles. The van der Waals surface area contributed by atoms with Crippen molar-refractivity contribution in [1.82, 2.24) is 0 Å². The van der Waals surface area contributed by atoms with Gasteiger partial charge in [0.2, 0.25) is 0 Å². The molecule has 20 heavy (non-hydrogen) atoms. The molecule has 3 nitrogen and oxygen atoms in total. The van der Waals surface area contributed by atoms with E-state index in [1.165, 1.54) is 19.8 Å². The molecule has 0 rings (SSSR count). The summed E-state index contributed by atoms with van der Waals surface area (Å²) in [5.41, 5.74) is 0. The van der Waals surface area contributed by atoms with Crippen LogP contribution in [0.5, 0.6) is 0 Å². The van der Waals surface area contributed by atoms with Crippen LogP contribution in [0.15, 0.2) is 24.8 Å². The fourth-order valence-electron chi connectivity index (χ4n) is 2.04. The van der Waals surface area contributed by atoms with E-state index in [0.717, 1.165) is 32.1 Å². The van der Waals surface area contributed by atoms with E-state index >= 15 is 0 Å². The zero-order valence-electron chi connectivity index (χ0n) is 12.9. The first kappa shape index (κ1) is 18.6. The number of ether oxygens (including phenoxy) is 1. The minimum Gasteiger partial charge on any atom is -0.458 e. The molecule has 1 unspecified atom stereocenters. The lowest BCUT2D eigenvalue weighted by molar-refractivity contribution is -0.144. The first-order valence-corrected chi connectivity index (χ1v) is 7.52. The van der Waals surface area contributed by atoms with Crippen molar-refractivity contribution in [2.75, 3.05) is 0 Å². The summed E-state index contributed by atoms with van der Waals surface area (Å²) in [5, 5.41) is 0. The summed E-state index contributed by atoms with van der Waals surface area (Å²) in [6.07, 6.45) is 13.5. The highest BCUT2D eigenvalue weighted by Gasteiger charge is 2.07. The van der Waals surface area contributed by atoms with Crippen molar-refractivity contribution < 1.29 is 14.3 Å². The maximum Gasteiger partial charge on any atom is 0.303 e. The van der Waals surface area contributed by atoms with Gasteiger partial charge in [0, 0.05) is 13.3 Å². The van der Waals surface area contributed by atoms with Gasteiger partial charge < -0.3 is 9.53 Å². The quantitative estimate of drug-likeness (QED) is 0.303. The number of ketones is 1. The molecular formula is C17H28O3. The van der Waals surface area contributed by atoms with Crippen molar-refractivity contribution in [1.29, 1.82) is 0 Å². The number of rotatable bonds is 12. The maximum atomic E-state index is 11.0. The Bertz CT molecular complexity index is 318. The van der Waals surface area contributed by atoms with Crippen molar-refractivity contribution in [3.63, 3.8) is 0 Å². The van der Waals surface area contributed by atoms with Crippen molar-refractivity contribution in [2.45, 2.75) is 71.3 Å². The SMILES string of the molecule is C=C/C=C/C(CCCCCCCCC(C)=O)OC(C)=O. The largest absolute Gasteiger partial charge is 0.458 e. The van der Waals surface area contributed by atoms with Crippen LogP contribution < -0.4 is 0 Å². The second-order valence-corrected chi connectivity index (χ2v) is 5.13. The van der Waals surface area contributed by atoms with Gasteiger partial charge in [-0.25, -0.2) is 0 Å². The summed E-state index contributed by atoms with van der Waals surface area (Å²) >= 11 is 0. The molecule has 0 aliphatic heterocycles. The molecule has 114 valence electrons. The molecule has 0 N–H and O–H groups in total. The molecule has 0 saturated carbocycles. The summed E-state index contributed by atoms with van der Waals surface area (Å²) in [6.45, 7) is 6.69. The number of allylic oxidation sites excluding steroid dienone is 2. The van der Waals surface area contributed by atoms with Crippen LogP contribution >= 0.6 is 0 Å². The first-order valence-electron chi connectivity index (χ1n) is 7.52. The summed E-state index contributed by atoms with van der Waals surface area (Å²) in [7, 11) is 0. The van der Waals surface area contributed by atoms with Gasteiger partial charge in [-0.15, -0.1) is 0 Å². The number of Topliss-reactive ketones (excluding diaryl/α,β-unsaturated/α-hetero) is 1. The minimum atomic E-state index is -0.243. The second-order valence-electron chi connectivity index (χ2n) is 5.13. The Morgan fingerprint density at radius 1 is 1.05 bits per heavy atom. The molecule has 0 heterocycles. The molecule has 0 aromatic rings. The number of hydrogen-bond donors (Lipinski definition) is 0. The van der Waals surface area contributed by atoms with E-state index in [-0.39, 0.29) is 17.9 Å². The van der Waals surface area contributed by atoms with Gasteiger partial charge in [0.1, 0.15) is 11.9 Å². The highest BCUT2D eigenvalue weighted by molar-refractivity contribution is 5.75. The average molecular weight is 280 g/mol. The average Bonchev–Trinajstić information content (AvgIpc) is 2.37. The summed E-state index contributed by atoms with van der Waals surface area (Å²) < 4.78 is 5.21. The van der Waals surface area contributed by atoms with Crippen molar-refractivity contribution in [3.05, 3.63) is 24.8 Å². The number of esters is 1. The normalized spacial score (nSPS) is 12.3. The van der Waals surface area contributed by atoms with Crippen LogP contribution in [-0.2, 0) is 14.3 Å². The van der Waals surface area contributed by atoms with E-state index in [1.807, 2.05) is 12.2 Å².